The second kappa shape index (κ2) is 5.98. The molecule has 0 saturated carbocycles. The molecule has 1 aromatic rings. The quantitative estimate of drug-likeness (QED) is 0.830. The van der Waals surface area contributed by atoms with Gasteiger partial charge in [0.2, 0.25) is 0 Å². The van der Waals surface area contributed by atoms with Gasteiger partial charge in [0.1, 0.15) is 6.04 Å². The van der Waals surface area contributed by atoms with Gasteiger partial charge in [0.05, 0.1) is 0 Å². The van der Waals surface area contributed by atoms with Crippen molar-refractivity contribution in [3.63, 3.8) is 0 Å². The van der Waals surface area contributed by atoms with E-state index in [1.165, 1.54) is 22.3 Å². The number of aryl methyl sites for hydroxylation is 3. The molecule has 1 atom stereocenters. The molecule has 0 fully saturated rings. The van der Waals surface area contributed by atoms with Crippen LogP contribution >= 0.6 is 0 Å². The molecule has 0 aliphatic heterocycles. The summed E-state index contributed by atoms with van der Waals surface area (Å²) in [6.07, 6.45) is 0. The molecule has 0 radical (unpaired) electrons. The van der Waals surface area contributed by atoms with Crippen molar-refractivity contribution in [1.82, 2.24) is 4.90 Å². The van der Waals surface area contributed by atoms with Crippen molar-refractivity contribution in [3.8, 4) is 0 Å². The fourth-order valence-electron chi connectivity index (χ4n) is 1.96. The van der Waals surface area contributed by atoms with Gasteiger partial charge in [-0.1, -0.05) is 12.1 Å². The molecule has 0 aromatic heterocycles. The monoisotopic (exact) mass is 250 g/mol. The van der Waals surface area contributed by atoms with Crippen molar-refractivity contribution in [1.29, 1.82) is 0 Å². The van der Waals surface area contributed by atoms with E-state index in [1.807, 2.05) is 11.9 Å². The average molecular weight is 250 g/mol. The molecular formula is C14H22N2O2. The topological polar surface area (TPSA) is 66.6 Å². The summed E-state index contributed by atoms with van der Waals surface area (Å²) in [7, 11) is 1.89. The predicted molar refractivity (Wildman–Crippen MR) is 72.6 cm³/mol. The van der Waals surface area contributed by atoms with Crippen LogP contribution in [-0.2, 0) is 11.3 Å². The third-order valence-corrected chi connectivity index (χ3v) is 3.22. The molecule has 0 heterocycles. The highest BCUT2D eigenvalue weighted by Crippen LogP contribution is 2.16. The molecule has 100 valence electrons. The Kier molecular flexibility index (Phi) is 4.87. The number of carboxylic acid groups (broad SMARTS) is 1. The van der Waals surface area contributed by atoms with E-state index in [2.05, 4.69) is 32.9 Å². The zero-order chi connectivity index (χ0) is 13.9. The van der Waals surface area contributed by atoms with Crippen molar-refractivity contribution >= 4 is 5.97 Å². The Balaban J connectivity index is 2.73. The Morgan fingerprint density at radius 1 is 1.28 bits per heavy atom. The summed E-state index contributed by atoms with van der Waals surface area (Å²) in [5, 5.41) is 8.78. The average Bonchev–Trinajstić information content (AvgIpc) is 2.25. The first kappa shape index (κ1) is 14.7. The highest BCUT2D eigenvalue weighted by molar-refractivity contribution is 5.73. The number of benzene rings is 1. The van der Waals surface area contributed by atoms with Crippen LogP contribution in [0.25, 0.3) is 0 Å². The zero-order valence-corrected chi connectivity index (χ0v) is 11.5. The summed E-state index contributed by atoms with van der Waals surface area (Å²) in [5.41, 5.74) is 10.5. The van der Waals surface area contributed by atoms with Gasteiger partial charge in [0.25, 0.3) is 0 Å². The van der Waals surface area contributed by atoms with Gasteiger partial charge in [-0.05, 0) is 50.1 Å². The first-order valence-corrected chi connectivity index (χ1v) is 6.05. The Morgan fingerprint density at radius 2 is 1.83 bits per heavy atom. The summed E-state index contributed by atoms with van der Waals surface area (Å²) in [6, 6.07) is 3.49. The van der Waals surface area contributed by atoms with E-state index in [4.69, 9.17) is 10.8 Å². The third kappa shape index (κ3) is 3.82. The van der Waals surface area contributed by atoms with E-state index in [0.717, 1.165) is 0 Å². The Bertz CT molecular complexity index is 444. The lowest BCUT2D eigenvalue weighted by molar-refractivity contribution is -0.138. The van der Waals surface area contributed by atoms with Crippen molar-refractivity contribution < 1.29 is 9.90 Å². The number of aliphatic carboxylic acids is 1. The summed E-state index contributed by atoms with van der Waals surface area (Å²) in [6.45, 7) is 7.32. The number of likely N-dealkylation sites (N-methyl/N-ethyl adjacent to an activating group) is 1. The van der Waals surface area contributed by atoms with Gasteiger partial charge in [-0.3, -0.25) is 9.69 Å². The van der Waals surface area contributed by atoms with E-state index in [0.29, 0.717) is 13.1 Å². The van der Waals surface area contributed by atoms with E-state index in [-0.39, 0.29) is 0 Å². The summed E-state index contributed by atoms with van der Waals surface area (Å²) < 4.78 is 0. The van der Waals surface area contributed by atoms with Gasteiger partial charge < -0.3 is 10.8 Å². The standard InChI is InChI=1S/C14H22N2O2/c1-9-5-11(3)12(6-10(9)2)7-16(4)8-13(15)14(17)18/h5-6,13H,7-8,15H2,1-4H3,(H,17,18). The maximum absolute atomic E-state index is 10.7. The first-order valence-electron chi connectivity index (χ1n) is 6.05. The van der Waals surface area contributed by atoms with Crippen LogP contribution in [0.15, 0.2) is 12.1 Å². The zero-order valence-electron chi connectivity index (χ0n) is 11.5. The molecule has 18 heavy (non-hydrogen) atoms. The van der Waals surface area contributed by atoms with Crippen LogP contribution in [0, 0.1) is 20.8 Å². The molecule has 0 amide bonds. The number of rotatable bonds is 5. The molecular weight excluding hydrogens is 228 g/mol. The van der Waals surface area contributed by atoms with Gasteiger partial charge in [-0.15, -0.1) is 0 Å². The van der Waals surface area contributed by atoms with Gasteiger partial charge >= 0.3 is 5.97 Å². The van der Waals surface area contributed by atoms with Gasteiger partial charge in [0.15, 0.2) is 0 Å². The van der Waals surface area contributed by atoms with Crippen molar-refractivity contribution in [3.05, 3.63) is 34.4 Å². The smallest absolute Gasteiger partial charge is 0.321 e. The minimum Gasteiger partial charge on any atom is -0.480 e. The molecule has 1 unspecified atom stereocenters. The molecule has 0 bridgehead atoms. The Labute approximate surface area is 108 Å². The van der Waals surface area contributed by atoms with E-state index in [1.54, 1.807) is 0 Å². The summed E-state index contributed by atoms with van der Waals surface area (Å²) in [5.74, 6) is -0.960. The highest BCUT2D eigenvalue weighted by atomic mass is 16.4. The predicted octanol–water partition coefficient (Wildman–Crippen LogP) is 1.46. The SMILES string of the molecule is Cc1cc(C)c(CN(C)CC(N)C(=O)O)cc1C. The number of hydrogen-bond acceptors (Lipinski definition) is 3. The van der Waals surface area contributed by atoms with Crippen LogP contribution < -0.4 is 5.73 Å². The molecule has 0 aliphatic carbocycles. The molecule has 1 rings (SSSR count). The number of hydrogen-bond donors (Lipinski definition) is 2. The second-order valence-corrected chi connectivity index (χ2v) is 5.00. The Hall–Kier alpha value is -1.39. The summed E-state index contributed by atoms with van der Waals surface area (Å²) >= 11 is 0. The Morgan fingerprint density at radius 3 is 2.39 bits per heavy atom. The van der Waals surface area contributed by atoms with Crippen LogP contribution in [0.1, 0.15) is 22.3 Å². The number of carbonyl (C=O) groups is 1. The van der Waals surface area contributed by atoms with Gasteiger partial charge in [-0.2, -0.15) is 0 Å². The van der Waals surface area contributed by atoms with Crippen LogP contribution in [-0.4, -0.2) is 35.6 Å². The minimum atomic E-state index is -0.960. The van der Waals surface area contributed by atoms with Crippen LogP contribution in [0.3, 0.4) is 0 Å². The van der Waals surface area contributed by atoms with Gasteiger partial charge in [-0.25, -0.2) is 0 Å². The maximum Gasteiger partial charge on any atom is 0.321 e. The van der Waals surface area contributed by atoms with Crippen molar-refractivity contribution in [2.45, 2.75) is 33.4 Å². The molecule has 3 N–H and O–H groups in total. The molecule has 1 aromatic carbocycles. The molecule has 4 nitrogen and oxygen atoms in total. The molecule has 0 spiro atoms. The van der Waals surface area contributed by atoms with Crippen LogP contribution in [0.4, 0.5) is 0 Å². The third-order valence-electron chi connectivity index (χ3n) is 3.22. The highest BCUT2D eigenvalue weighted by Gasteiger charge is 2.14. The lowest BCUT2D eigenvalue weighted by Crippen LogP contribution is -2.40. The van der Waals surface area contributed by atoms with E-state index >= 15 is 0 Å². The van der Waals surface area contributed by atoms with E-state index < -0.39 is 12.0 Å². The number of nitrogens with zero attached hydrogens (tertiary/aromatic N) is 1. The largest absolute Gasteiger partial charge is 0.480 e. The normalized spacial score (nSPS) is 12.8. The number of carboxylic acids is 1. The van der Waals surface area contributed by atoms with Crippen molar-refractivity contribution in [2.75, 3.05) is 13.6 Å². The molecule has 4 heteroatoms. The fraction of sp³-hybridized carbons (Fsp3) is 0.500. The van der Waals surface area contributed by atoms with Crippen LogP contribution in [0.2, 0.25) is 0 Å². The maximum atomic E-state index is 10.7. The van der Waals surface area contributed by atoms with E-state index in [9.17, 15) is 4.79 Å². The van der Waals surface area contributed by atoms with Crippen molar-refractivity contribution in [2.24, 2.45) is 5.73 Å². The summed E-state index contributed by atoms with van der Waals surface area (Å²) in [4.78, 5) is 12.6. The minimum absolute atomic E-state index is 0.349. The molecule has 0 saturated heterocycles. The fourth-order valence-corrected chi connectivity index (χ4v) is 1.96. The van der Waals surface area contributed by atoms with Crippen LogP contribution in [0.5, 0.6) is 0 Å². The van der Waals surface area contributed by atoms with Gasteiger partial charge in [0, 0.05) is 13.1 Å². The molecule has 0 aliphatic rings. The number of nitrogens with two attached hydrogens (primary N) is 1. The second-order valence-electron chi connectivity index (χ2n) is 5.00. The first-order chi connectivity index (χ1) is 8.31. The lowest BCUT2D eigenvalue weighted by Gasteiger charge is -2.20. The lowest BCUT2D eigenvalue weighted by atomic mass is 10.0.